The molecule has 1 aromatic rings. The lowest BCUT2D eigenvalue weighted by molar-refractivity contribution is -0.123. The zero-order chi connectivity index (χ0) is 12.0. The van der Waals surface area contributed by atoms with Gasteiger partial charge in [-0.15, -0.1) is 11.3 Å². The molecule has 1 atom stereocenters. The fourth-order valence-electron chi connectivity index (χ4n) is 1.31. The fourth-order valence-corrected chi connectivity index (χ4v) is 1.95. The van der Waals surface area contributed by atoms with Crippen molar-refractivity contribution in [3.8, 4) is 0 Å². The van der Waals surface area contributed by atoms with Crippen molar-refractivity contribution in [3.05, 3.63) is 22.4 Å². The zero-order valence-corrected chi connectivity index (χ0v) is 9.83. The molecule has 0 aliphatic rings. The van der Waals surface area contributed by atoms with Gasteiger partial charge in [0.15, 0.2) is 5.84 Å². The summed E-state index contributed by atoms with van der Waals surface area (Å²) in [6, 6.07) is 3.86. The molecular formula is C10H15N3O2S. The Morgan fingerprint density at radius 1 is 1.75 bits per heavy atom. The number of amidine groups is 1. The number of carbonyl (C=O) groups is 1. The third-order valence-electron chi connectivity index (χ3n) is 2.21. The van der Waals surface area contributed by atoms with E-state index < -0.39 is 5.92 Å². The molecule has 0 radical (unpaired) electrons. The Labute approximate surface area is 98.0 Å². The predicted molar refractivity (Wildman–Crippen MR) is 63.4 cm³/mol. The molecule has 0 bridgehead atoms. The number of nitrogens with zero attached hydrogens (tertiary/aromatic N) is 1. The lowest BCUT2D eigenvalue weighted by atomic mass is 10.1. The summed E-state index contributed by atoms with van der Waals surface area (Å²) in [6.45, 7) is 2.29. The number of oxime groups is 1. The summed E-state index contributed by atoms with van der Waals surface area (Å²) < 4.78 is 0. The largest absolute Gasteiger partial charge is 0.409 e. The van der Waals surface area contributed by atoms with Crippen LogP contribution in [0.3, 0.4) is 0 Å². The predicted octanol–water partition coefficient (Wildman–Crippen LogP) is 1.14. The van der Waals surface area contributed by atoms with Gasteiger partial charge in [0.05, 0.1) is 12.5 Å². The second-order valence-corrected chi connectivity index (χ2v) is 4.32. The maximum absolute atomic E-state index is 11.7. The number of carbonyl (C=O) groups excluding carboxylic acids is 1. The molecule has 0 aliphatic carbocycles. The first kappa shape index (κ1) is 12.5. The van der Waals surface area contributed by atoms with E-state index in [1.54, 1.807) is 11.3 Å². The second-order valence-electron chi connectivity index (χ2n) is 3.28. The highest BCUT2D eigenvalue weighted by molar-refractivity contribution is 7.09. The molecule has 1 aromatic heterocycles. The lowest BCUT2D eigenvalue weighted by Gasteiger charge is -2.12. The third-order valence-corrected chi connectivity index (χ3v) is 3.09. The molecule has 1 heterocycles. The monoisotopic (exact) mass is 241 g/mol. The maximum Gasteiger partial charge on any atom is 0.231 e. The van der Waals surface area contributed by atoms with Crippen LogP contribution < -0.4 is 11.1 Å². The Morgan fingerprint density at radius 3 is 3.00 bits per heavy atom. The summed E-state index contributed by atoms with van der Waals surface area (Å²) in [5.41, 5.74) is 5.42. The topological polar surface area (TPSA) is 87.7 Å². The van der Waals surface area contributed by atoms with E-state index in [9.17, 15) is 4.79 Å². The van der Waals surface area contributed by atoms with E-state index in [0.717, 1.165) is 4.88 Å². The number of hydrogen-bond donors (Lipinski definition) is 3. The van der Waals surface area contributed by atoms with E-state index in [0.29, 0.717) is 13.0 Å². The van der Waals surface area contributed by atoms with Gasteiger partial charge < -0.3 is 16.3 Å². The first-order valence-corrected chi connectivity index (χ1v) is 5.84. The van der Waals surface area contributed by atoms with Crippen molar-refractivity contribution in [2.24, 2.45) is 16.8 Å². The van der Waals surface area contributed by atoms with Crippen LogP contribution in [-0.2, 0) is 11.3 Å². The SMILES string of the molecule is CCC(C(=O)NCc1cccs1)C(N)=NO. The number of hydrogen-bond acceptors (Lipinski definition) is 4. The van der Waals surface area contributed by atoms with Crippen LogP contribution in [0.4, 0.5) is 0 Å². The maximum atomic E-state index is 11.7. The molecule has 6 heteroatoms. The minimum atomic E-state index is -0.565. The molecule has 88 valence electrons. The van der Waals surface area contributed by atoms with Gasteiger partial charge >= 0.3 is 0 Å². The normalized spacial score (nSPS) is 13.4. The first-order chi connectivity index (χ1) is 7.69. The highest BCUT2D eigenvalue weighted by Crippen LogP contribution is 2.09. The van der Waals surface area contributed by atoms with Gasteiger partial charge in [-0.2, -0.15) is 0 Å². The molecule has 1 rings (SSSR count). The molecular weight excluding hydrogens is 226 g/mol. The van der Waals surface area contributed by atoms with Crippen molar-refractivity contribution in [2.75, 3.05) is 0 Å². The summed E-state index contributed by atoms with van der Waals surface area (Å²) in [6.07, 6.45) is 0.506. The van der Waals surface area contributed by atoms with Crippen molar-refractivity contribution in [1.29, 1.82) is 0 Å². The highest BCUT2D eigenvalue weighted by atomic mass is 32.1. The van der Waals surface area contributed by atoms with E-state index >= 15 is 0 Å². The first-order valence-electron chi connectivity index (χ1n) is 4.96. The van der Waals surface area contributed by atoms with Gasteiger partial charge in [0.25, 0.3) is 0 Å². The number of nitrogens with one attached hydrogen (secondary N) is 1. The quantitative estimate of drug-likeness (QED) is 0.312. The smallest absolute Gasteiger partial charge is 0.231 e. The minimum absolute atomic E-state index is 0.0498. The van der Waals surface area contributed by atoms with Crippen LogP contribution in [0.5, 0.6) is 0 Å². The molecule has 0 saturated heterocycles. The lowest BCUT2D eigenvalue weighted by Crippen LogP contribution is -2.38. The molecule has 16 heavy (non-hydrogen) atoms. The van der Waals surface area contributed by atoms with E-state index in [4.69, 9.17) is 10.9 Å². The van der Waals surface area contributed by atoms with Crippen LogP contribution >= 0.6 is 11.3 Å². The highest BCUT2D eigenvalue weighted by Gasteiger charge is 2.20. The van der Waals surface area contributed by atoms with Crippen molar-refractivity contribution < 1.29 is 10.0 Å². The molecule has 0 aliphatic heterocycles. The third kappa shape index (κ3) is 3.23. The molecule has 1 unspecified atom stereocenters. The Bertz CT molecular complexity index is 362. The van der Waals surface area contributed by atoms with Crippen LogP contribution in [0, 0.1) is 5.92 Å². The second kappa shape index (κ2) is 6.12. The van der Waals surface area contributed by atoms with Gasteiger partial charge in [-0.05, 0) is 17.9 Å². The molecule has 0 aromatic carbocycles. The molecule has 1 amide bonds. The number of thiophene rings is 1. The van der Waals surface area contributed by atoms with Crippen LogP contribution in [0.15, 0.2) is 22.7 Å². The minimum Gasteiger partial charge on any atom is -0.409 e. The van der Waals surface area contributed by atoms with Gasteiger partial charge in [0.1, 0.15) is 0 Å². The summed E-state index contributed by atoms with van der Waals surface area (Å²) in [5, 5.41) is 16.1. The Hall–Kier alpha value is -1.56. The molecule has 4 N–H and O–H groups in total. The average molecular weight is 241 g/mol. The summed E-state index contributed by atoms with van der Waals surface area (Å²) >= 11 is 1.57. The van der Waals surface area contributed by atoms with Crippen LogP contribution in [0.1, 0.15) is 18.2 Å². The van der Waals surface area contributed by atoms with Crippen molar-refractivity contribution in [2.45, 2.75) is 19.9 Å². The van der Waals surface area contributed by atoms with E-state index in [1.165, 1.54) is 0 Å². The van der Waals surface area contributed by atoms with Crippen molar-refractivity contribution >= 4 is 23.1 Å². The molecule has 0 spiro atoms. The average Bonchev–Trinajstić information content (AvgIpc) is 2.79. The van der Waals surface area contributed by atoms with Crippen molar-refractivity contribution in [3.63, 3.8) is 0 Å². The summed E-state index contributed by atoms with van der Waals surface area (Å²) in [4.78, 5) is 12.8. The molecule has 5 nitrogen and oxygen atoms in total. The standard InChI is InChI=1S/C10H15N3O2S/c1-2-8(9(11)13-15)10(14)12-6-7-4-3-5-16-7/h3-5,8,15H,2,6H2,1H3,(H2,11,13)(H,12,14). The van der Waals surface area contributed by atoms with Gasteiger partial charge in [-0.25, -0.2) is 0 Å². The van der Waals surface area contributed by atoms with E-state index in [-0.39, 0.29) is 11.7 Å². The van der Waals surface area contributed by atoms with Gasteiger partial charge in [-0.3, -0.25) is 4.79 Å². The molecule has 0 fully saturated rings. The van der Waals surface area contributed by atoms with Gasteiger partial charge in [0.2, 0.25) is 5.91 Å². The Morgan fingerprint density at radius 2 is 2.50 bits per heavy atom. The van der Waals surface area contributed by atoms with Crippen LogP contribution in [0.25, 0.3) is 0 Å². The molecule has 0 saturated carbocycles. The number of amides is 1. The Kier molecular flexibility index (Phi) is 4.78. The van der Waals surface area contributed by atoms with E-state index in [2.05, 4.69) is 10.5 Å². The van der Waals surface area contributed by atoms with Crippen molar-refractivity contribution in [1.82, 2.24) is 5.32 Å². The van der Waals surface area contributed by atoms with Crippen LogP contribution in [-0.4, -0.2) is 17.0 Å². The summed E-state index contributed by atoms with van der Waals surface area (Å²) in [7, 11) is 0. The number of nitrogens with two attached hydrogens (primary N) is 1. The van der Waals surface area contributed by atoms with Gasteiger partial charge in [0, 0.05) is 4.88 Å². The summed E-state index contributed by atoms with van der Waals surface area (Å²) in [5.74, 6) is -0.831. The van der Waals surface area contributed by atoms with Crippen LogP contribution in [0.2, 0.25) is 0 Å². The fraction of sp³-hybridized carbons (Fsp3) is 0.400. The number of rotatable bonds is 5. The van der Waals surface area contributed by atoms with E-state index in [1.807, 2.05) is 24.4 Å². The Balaban J connectivity index is 2.50. The van der Waals surface area contributed by atoms with Gasteiger partial charge in [-0.1, -0.05) is 18.1 Å². The zero-order valence-electron chi connectivity index (χ0n) is 9.01.